The molecule has 58 heavy (non-hydrogen) atoms. The molecule has 2 aliphatic rings. The number of halogens is 2. The molecular weight excluding hydrogens is 763 g/mol. The number of likely N-dealkylation sites (tertiary alicyclic amines) is 2. The van der Waals surface area contributed by atoms with Crippen LogP contribution < -0.4 is 43.4 Å². The van der Waals surface area contributed by atoms with E-state index in [9.17, 15) is 0 Å². The van der Waals surface area contributed by atoms with Gasteiger partial charge in [0.25, 0.3) is 0 Å². The van der Waals surface area contributed by atoms with Crippen LogP contribution in [0.4, 0.5) is 0 Å². The summed E-state index contributed by atoms with van der Waals surface area (Å²) in [5, 5.41) is 10.3. The normalized spacial score (nSPS) is 16.1. The Kier molecular flexibility index (Phi) is 11.5. The zero-order valence-corrected chi connectivity index (χ0v) is 35.6. The van der Waals surface area contributed by atoms with E-state index in [4.69, 9.17) is 9.47 Å². The highest BCUT2D eigenvalue weighted by Gasteiger charge is 2.30. The molecule has 0 radical (unpaired) electrons. The van der Waals surface area contributed by atoms with Crippen LogP contribution in [0.3, 0.4) is 0 Å². The van der Waals surface area contributed by atoms with E-state index in [2.05, 4.69) is 140 Å². The number of nitrogens with zero attached hydrogens (tertiary/aromatic N) is 6. The SMILES string of the molecule is COc1ccc2c(c1)c1c3cc[n+](CCN4CCC(C5CCN(CC[n+]6ccc7c(ccc8c7c7cc(OC)ccc7n8C)c6)CC5)CC4)cc3ccc1n2C.[Cl-].[Cl-]. The molecule has 0 aliphatic carbocycles. The van der Waals surface area contributed by atoms with E-state index in [0.29, 0.717) is 0 Å². The van der Waals surface area contributed by atoms with Gasteiger partial charge in [-0.25, -0.2) is 9.13 Å². The van der Waals surface area contributed by atoms with Gasteiger partial charge in [0.15, 0.2) is 37.9 Å². The van der Waals surface area contributed by atoms with Crippen LogP contribution in [0.15, 0.2) is 97.6 Å². The quantitative estimate of drug-likeness (QED) is 0.210. The molecule has 0 spiro atoms. The molecule has 302 valence electrons. The topological polar surface area (TPSA) is 42.6 Å². The molecule has 0 bridgehead atoms. The van der Waals surface area contributed by atoms with Gasteiger partial charge in [-0.05, 0) is 124 Å². The van der Waals surface area contributed by atoms with Crippen molar-refractivity contribution in [3.63, 3.8) is 0 Å². The third-order valence-electron chi connectivity index (χ3n) is 13.7. The first-order chi connectivity index (χ1) is 27.4. The Morgan fingerprint density at radius 3 is 1.31 bits per heavy atom. The van der Waals surface area contributed by atoms with Crippen molar-refractivity contribution in [3.8, 4) is 11.5 Å². The van der Waals surface area contributed by atoms with Crippen molar-refractivity contribution in [1.82, 2.24) is 18.9 Å². The highest BCUT2D eigenvalue weighted by atomic mass is 35.5. The minimum absolute atomic E-state index is 0. The van der Waals surface area contributed by atoms with Crippen molar-refractivity contribution in [2.75, 3.05) is 53.5 Å². The van der Waals surface area contributed by atoms with Gasteiger partial charge in [-0.3, -0.25) is 9.80 Å². The second-order valence-electron chi connectivity index (χ2n) is 16.5. The third-order valence-corrected chi connectivity index (χ3v) is 13.7. The Morgan fingerprint density at radius 2 is 0.914 bits per heavy atom. The molecule has 4 aromatic carbocycles. The molecule has 4 aromatic heterocycles. The smallest absolute Gasteiger partial charge is 0.176 e. The van der Waals surface area contributed by atoms with Gasteiger partial charge in [0.2, 0.25) is 0 Å². The minimum Gasteiger partial charge on any atom is -1.00 e. The molecule has 0 atom stereocenters. The molecule has 10 rings (SSSR count). The summed E-state index contributed by atoms with van der Waals surface area (Å²) in [6, 6.07) is 26.5. The number of rotatable bonds is 9. The van der Waals surface area contributed by atoms with Crippen LogP contribution in [0, 0.1) is 11.8 Å². The number of piperidine rings is 2. The standard InChI is InChI=1S/C48H54N6O2.2ClH/c1-49-43-11-7-37(55-3)29-41(43)47-39-17-23-53(31-35(39)5-9-45(47)49)27-25-51-19-13-33(14-20-51)34-15-21-52(22-16-34)26-28-54-24-18-40-36(32-54)6-10-46-48(40)42-30-38(56-4)8-12-44(42)50(46)2;;/h5-12,17-18,23-24,29-34H,13-16,19-22,25-28H2,1-4H3;2*1H/q+2;;/p-2. The molecule has 2 aliphatic heterocycles. The predicted octanol–water partition coefficient (Wildman–Crippen LogP) is 2.01. The molecule has 8 nitrogen and oxygen atoms in total. The average Bonchev–Trinajstić information content (AvgIpc) is 3.71. The highest BCUT2D eigenvalue weighted by molar-refractivity contribution is 6.21. The molecule has 2 saturated heterocycles. The van der Waals surface area contributed by atoms with E-state index in [1.807, 2.05) is 0 Å². The summed E-state index contributed by atoms with van der Waals surface area (Å²) < 4.78 is 20.5. The van der Waals surface area contributed by atoms with Gasteiger partial charge in [-0.1, -0.05) is 0 Å². The summed E-state index contributed by atoms with van der Waals surface area (Å²) >= 11 is 0. The lowest BCUT2D eigenvalue weighted by Crippen LogP contribution is -3.00. The highest BCUT2D eigenvalue weighted by Crippen LogP contribution is 2.37. The van der Waals surface area contributed by atoms with Crippen molar-refractivity contribution in [2.24, 2.45) is 25.9 Å². The largest absolute Gasteiger partial charge is 1.00 e. The Hall–Kier alpha value is -4.60. The van der Waals surface area contributed by atoms with Gasteiger partial charge in [0.05, 0.1) is 27.3 Å². The number of benzene rings is 4. The number of fused-ring (bicyclic) bond motifs is 10. The van der Waals surface area contributed by atoms with E-state index in [-0.39, 0.29) is 24.8 Å². The van der Waals surface area contributed by atoms with Gasteiger partial charge >= 0.3 is 0 Å². The lowest BCUT2D eigenvalue weighted by atomic mass is 9.79. The summed E-state index contributed by atoms with van der Waals surface area (Å²) in [7, 11) is 7.81. The molecule has 2 fully saturated rings. The van der Waals surface area contributed by atoms with E-state index < -0.39 is 0 Å². The molecule has 0 saturated carbocycles. The van der Waals surface area contributed by atoms with Gasteiger partial charge < -0.3 is 43.4 Å². The molecule has 0 unspecified atom stereocenters. The van der Waals surface area contributed by atoms with Gasteiger partial charge in [0.1, 0.15) is 11.5 Å². The van der Waals surface area contributed by atoms with E-state index in [1.165, 1.54) is 117 Å². The zero-order valence-electron chi connectivity index (χ0n) is 34.1. The Balaban J connectivity index is 0.00000235. The maximum absolute atomic E-state index is 5.58. The van der Waals surface area contributed by atoms with Crippen LogP contribution in [-0.2, 0) is 27.2 Å². The van der Waals surface area contributed by atoms with Gasteiger partial charge in [-0.2, -0.15) is 0 Å². The first-order valence-corrected chi connectivity index (χ1v) is 20.7. The summed E-state index contributed by atoms with van der Waals surface area (Å²) in [5.41, 5.74) is 5.00. The molecular formula is C48H54Cl2N6O2. The van der Waals surface area contributed by atoms with E-state index in [1.54, 1.807) is 14.2 Å². The Labute approximate surface area is 353 Å². The van der Waals surface area contributed by atoms with Crippen molar-refractivity contribution in [2.45, 2.75) is 38.8 Å². The fourth-order valence-electron chi connectivity index (χ4n) is 10.4. The van der Waals surface area contributed by atoms with E-state index in [0.717, 1.165) is 49.5 Å². The number of aromatic nitrogens is 4. The van der Waals surface area contributed by atoms with Crippen LogP contribution >= 0.6 is 0 Å². The maximum Gasteiger partial charge on any atom is 0.176 e. The zero-order chi connectivity index (χ0) is 37.9. The van der Waals surface area contributed by atoms with Crippen molar-refractivity contribution < 1.29 is 43.4 Å². The number of pyridine rings is 2. The lowest BCUT2D eigenvalue weighted by molar-refractivity contribution is -0.695. The molecule has 0 N–H and O–H groups in total. The maximum atomic E-state index is 5.58. The van der Waals surface area contributed by atoms with Crippen LogP contribution in [0.1, 0.15) is 25.7 Å². The van der Waals surface area contributed by atoms with Crippen LogP contribution in [0.5, 0.6) is 11.5 Å². The van der Waals surface area contributed by atoms with Crippen molar-refractivity contribution in [3.05, 3.63) is 97.6 Å². The average molecular weight is 818 g/mol. The second-order valence-corrected chi connectivity index (χ2v) is 16.5. The fraction of sp³-hybridized carbons (Fsp3) is 0.375. The number of aryl methyl sites for hydroxylation is 2. The molecule has 0 amide bonds. The van der Waals surface area contributed by atoms with Crippen molar-refractivity contribution in [1.29, 1.82) is 0 Å². The Bertz CT molecular complexity index is 2570. The summed E-state index contributed by atoms with van der Waals surface area (Å²) in [6.45, 7) is 9.20. The number of hydrogen-bond acceptors (Lipinski definition) is 4. The first-order valence-electron chi connectivity index (χ1n) is 20.7. The van der Waals surface area contributed by atoms with Gasteiger partial charge in [-0.15, -0.1) is 0 Å². The molecule has 10 heteroatoms. The lowest BCUT2D eigenvalue weighted by Gasteiger charge is -2.39. The van der Waals surface area contributed by atoms with Crippen LogP contribution in [0.25, 0.3) is 65.2 Å². The monoisotopic (exact) mass is 816 g/mol. The summed E-state index contributed by atoms with van der Waals surface area (Å²) in [6.07, 6.45) is 14.6. The van der Waals surface area contributed by atoms with Crippen LogP contribution in [0.2, 0.25) is 0 Å². The van der Waals surface area contributed by atoms with Crippen LogP contribution in [-0.4, -0.2) is 72.4 Å². The Morgan fingerprint density at radius 1 is 0.517 bits per heavy atom. The number of methoxy groups -OCH3 is 2. The first kappa shape index (κ1) is 40.2. The second kappa shape index (κ2) is 16.6. The molecule has 8 aromatic rings. The minimum atomic E-state index is 0. The number of hydrogen-bond donors (Lipinski definition) is 0. The predicted molar refractivity (Wildman–Crippen MR) is 228 cm³/mol. The van der Waals surface area contributed by atoms with E-state index >= 15 is 0 Å². The summed E-state index contributed by atoms with van der Waals surface area (Å²) in [5.74, 6) is 3.56. The van der Waals surface area contributed by atoms with Gasteiger partial charge in [0, 0.05) is 91.4 Å². The molecule has 6 heterocycles. The third kappa shape index (κ3) is 7.12. The van der Waals surface area contributed by atoms with Crippen molar-refractivity contribution >= 4 is 65.2 Å². The summed E-state index contributed by atoms with van der Waals surface area (Å²) in [4.78, 5) is 5.40. The number of ether oxygens (including phenoxy) is 2. The fourth-order valence-corrected chi connectivity index (χ4v) is 10.4.